The molecule has 7 nitrogen and oxygen atoms in total. The fourth-order valence-corrected chi connectivity index (χ4v) is 6.47. The van der Waals surface area contributed by atoms with Gasteiger partial charge in [-0.2, -0.15) is 0 Å². The zero-order valence-corrected chi connectivity index (χ0v) is 23.3. The Balaban J connectivity index is 1.28. The summed E-state index contributed by atoms with van der Waals surface area (Å²) in [5, 5.41) is 0.934. The van der Waals surface area contributed by atoms with E-state index < -0.39 is 0 Å². The first-order valence-electron chi connectivity index (χ1n) is 13.6. The molecule has 2 aliphatic carbocycles. The van der Waals surface area contributed by atoms with Crippen LogP contribution in [0.25, 0.3) is 0 Å². The topological polar surface area (TPSA) is 70.2 Å². The van der Waals surface area contributed by atoms with Crippen LogP contribution in [-0.2, 0) is 14.3 Å². The maximum Gasteiger partial charge on any atom is 0.410 e. The molecule has 4 fully saturated rings. The number of carbonyl (C=O) groups is 3. The molecule has 2 heterocycles. The number of piperidine rings is 1. The first-order chi connectivity index (χ1) is 17.7. The molecule has 1 aromatic rings. The molecule has 0 radical (unpaired) electrons. The molecular weight excluding hydrogens is 513 g/mol. The van der Waals surface area contributed by atoms with E-state index in [0.717, 1.165) is 44.1 Å². The Morgan fingerprint density at radius 1 is 0.973 bits per heavy atom. The van der Waals surface area contributed by atoms with Crippen LogP contribution in [0.4, 0.5) is 4.79 Å². The summed E-state index contributed by atoms with van der Waals surface area (Å²) >= 11 is 12.5. The van der Waals surface area contributed by atoms with Gasteiger partial charge < -0.3 is 19.4 Å². The molecule has 2 saturated carbocycles. The second-order valence-electron chi connectivity index (χ2n) is 11.6. The Morgan fingerprint density at radius 3 is 2.27 bits per heavy atom. The monoisotopic (exact) mass is 549 g/mol. The smallest absolute Gasteiger partial charge is 0.410 e. The number of likely N-dealkylation sites (tertiary alicyclic amines) is 2. The van der Waals surface area contributed by atoms with Crippen LogP contribution >= 0.6 is 23.2 Å². The molecule has 37 heavy (non-hydrogen) atoms. The van der Waals surface area contributed by atoms with Gasteiger partial charge in [0.05, 0.1) is 16.1 Å². The zero-order chi connectivity index (χ0) is 26.3. The van der Waals surface area contributed by atoms with Crippen LogP contribution in [0, 0.1) is 11.3 Å². The third-order valence-electron chi connectivity index (χ3n) is 8.98. The minimum absolute atomic E-state index is 0.0247. The Morgan fingerprint density at radius 2 is 1.65 bits per heavy atom. The van der Waals surface area contributed by atoms with E-state index in [1.165, 1.54) is 0 Å². The summed E-state index contributed by atoms with van der Waals surface area (Å²) in [7, 11) is 1.77. The molecule has 2 aliphatic heterocycles. The van der Waals surface area contributed by atoms with Gasteiger partial charge in [-0.3, -0.25) is 9.59 Å². The minimum Gasteiger partial charge on any atom is -0.446 e. The maximum atomic E-state index is 13.6. The highest BCUT2D eigenvalue weighted by Gasteiger charge is 2.48. The molecular formula is C28H37Cl2N3O4. The number of benzene rings is 1. The fourth-order valence-electron chi connectivity index (χ4n) is 6.17. The highest BCUT2D eigenvalue weighted by Crippen LogP contribution is 2.47. The summed E-state index contributed by atoms with van der Waals surface area (Å²) < 4.78 is 5.79. The molecule has 0 unspecified atom stereocenters. The van der Waals surface area contributed by atoms with Crippen LogP contribution < -0.4 is 0 Å². The number of likely N-dealkylation sites (N-methyl/N-ethyl adjacent to an activating group) is 1. The summed E-state index contributed by atoms with van der Waals surface area (Å²) in [6.45, 7) is 4.24. The quantitative estimate of drug-likeness (QED) is 0.497. The highest BCUT2D eigenvalue weighted by atomic mass is 35.5. The molecule has 2 saturated heterocycles. The number of ether oxygens (including phenoxy) is 1. The van der Waals surface area contributed by atoms with E-state index in [-0.39, 0.29) is 47.3 Å². The Bertz CT molecular complexity index is 1050. The number of amides is 3. The van der Waals surface area contributed by atoms with Gasteiger partial charge in [-0.1, -0.05) is 36.2 Å². The molecule has 0 bridgehead atoms. The first kappa shape index (κ1) is 26.6. The third-order valence-corrected chi connectivity index (χ3v) is 9.71. The number of halogens is 2. The average molecular weight is 551 g/mol. The highest BCUT2D eigenvalue weighted by molar-refractivity contribution is 6.42. The average Bonchev–Trinajstić information content (AvgIpc) is 3.26. The van der Waals surface area contributed by atoms with E-state index >= 15 is 0 Å². The van der Waals surface area contributed by atoms with Crippen molar-refractivity contribution in [1.82, 2.24) is 14.7 Å². The van der Waals surface area contributed by atoms with Gasteiger partial charge in [0.2, 0.25) is 11.8 Å². The molecule has 5 rings (SSSR count). The van der Waals surface area contributed by atoms with Crippen molar-refractivity contribution >= 4 is 41.1 Å². The van der Waals surface area contributed by atoms with Gasteiger partial charge in [-0.05, 0) is 69.1 Å². The van der Waals surface area contributed by atoms with Crippen molar-refractivity contribution in [3.63, 3.8) is 0 Å². The number of hydrogen-bond donors (Lipinski definition) is 0. The molecule has 202 valence electrons. The molecule has 3 amide bonds. The van der Waals surface area contributed by atoms with E-state index in [1.54, 1.807) is 18.0 Å². The number of carbonyl (C=O) groups excluding carboxylic acids is 3. The summed E-state index contributed by atoms with van der Waals surface area (Å²) in [6, 6.07) is 5.31. The Labute approximate surface area is 229 Å². The summed E-state index contributed by atoms with van der Waals surface area (Å²) in [4.78, 5) is 44.9. The maximum absolute atomic E-state index is 13.6. The van der Waals surface area contributed by atoms with Gasteiger partial charge in [-0.15, -0.1) is 0 Å². The van der Waals surface area contributed by atoms with Crippen molar-refractivity contribution in [2.45, 2.75) is 76.4 Å². The fraction of sp³-hybridized carbons (Fsp3) is 0.679. The van der Waals surface area contributed by atoms with Crippen LogP contribution in [0.3, 0.4) is 0 Å². The Kier molecular flexibility index (Phi) is 7.65. The van der Waals surface area contributed by atoms with E-state index in [0.29, 0.717) is 49.1 Å². The van der Waals surface area contributed by atoms with E-state index in [9.17, 15) is 14.4 Å². The molecule has 4 aliphatic rings. The van der Waals surface area contributed by atoms with Crippen LogP contribution in [0.15, 0.2) is 18.2 Å². The number of hydrogen-bond acceptors (Lipinski definition) is 4. The van der Waals surface area contributed by atoms with Crippen molar-refractivity contribution in [2.75, 3.05) is 33.2 Å². The lowest BCUT2D eigenvalue weighted by Crippen LogP contribution is -2.46. The van der Waals surface area contributed by atoms with Gasteiger partial charge in [-0.25, -0.2) is 4.79 Å². The predicted molar refractivity (Wildman–Crippen MR) is 143 cm³/mol. The molecule has 9 heteroatoms. The summed E-state index contributed by atoms with van der Waals surface area (Å²) in [5.74, 6) is 0.132. The van der Waals surface area contributed by atoms with Crippen molar-refractivity contribution in [3.05, 3.63) is 33.8 Å². The van der Waals surface area contributed by atoms with Gasteiger partial charge >= 0.3 is 6.09 Å². The standard InChI is InChI=1S/C28H37Cl2N3O4/c1-28(11-12-28)26(35)32-13-9-18(10-14-32)25(34)33-16-21(19-7-8-22(29)23(30)15-19)24(17-33)31(2)27(36)37-20-5-3-4-6-20/h7-8,15,18,20-21,24H,3-6,9-14,16-17H2,1-2H3/t21-,24+/m1/s1. The third kappa shape index (κ3) is 5.58. The number of rotatable bonds is 5. The molecule has 2 atom stereocenters. The van der Waals surface area contributed by atoms with Crippen molar-refractivity contribution < 1.29 is 19.1 Å². The molecule has 0 spiro atoms. The van der Waals surface area contributed by atoms with E-state index in [1.807, 2.05) is 28.9 Å². The van der Waals surface area contributed by atoms with Crippen LogP contribution in [0.2, 0.25) is 10.0 Å². The van der Waals surface area contributed by atoms with Gasteiger partial charge in [0, 0.05) is 50.5 Å². The lowest BCUT2D eigenvalue weighted by molar-refractivity contribution is -0.142. The largest absolute Gasteiger partial charge is 0.446 e. The van der Waals surface area contributed by atoms with Gasteiger partial charge in [0.15, 0.2) is 0 Å². The van der Waals surface area contributed by atoms with Gasteiger partial charge in [0.25, 0.3) is 0 Å². The van der Waals surface area contributed by atoms with Crippen LogP contribution in [-0.4, -0.2) is 78.0 Å². The van der Waals surface area contributed by atoms with Crippen molar-refractivity contribution in [1.29, 1.82) is 0 Å². The predicted octanol–water partition coefficient (Wildman–Crippen LogP) is 5.34. The van der Waals surface area contributed by atoms with Crippen molar-refractivity contribution in [3.8, 4) is 0 Å². The lowest BCUT2D eigenvalue weighted by atomic mass is 9.93. The van der Waals surface area contributed by atoms with E-state index in [4.69, 9.17) is 27.9 Å². The minimum atomic E-state index is -0.336. The second-order valence-corrected chi connectivity index (χ2v) is 12.4. The van der Waals surface area contributed by atoms with Gasteiger partial charge in [0.1, 0.15) is 6.10 Å². The van der Waals surface area contributed by atoms with Crippen molar-refractivity contribution in [2.24, 2.45) is 11.3 Å². The van der Waals surface area contributed by atoms with E-state index in [2.05, 4.69) is 0 Å². The molecule has 1 aromatic carbocycles. The second kappa shape index (κ2) is 10.6. The SMILES string of the molecule is CN(C(=O)OC1CCCC1)[C@H]1CN(C(=O)C2CCN(C(=O)C3(C)CC3)CC2)C[C@@H]1c1ccc(Cl)c(Cl)c1. The molecule has 0 N–H and O–H groups in total. The zero-order valence-electron chi connectivity index (χ0n) is 21.8. The lowest BCUT2D eigenvalue weighted by Gasteiger charge is -2.34. The number of nitrogens with zero attached hydrogens (tertiary/aromatic N) is 3. The first-order valence-corrected chi connectivity index (χ1v) is 14.4. The normalized spacial score (nSPS) is 25.8. The molecule has 0 aromatic heterocycles. The Hall–Kier alpha value is -1.99. The van der Waals surface area contributed by atoms with Crippen LogP contribution in [0.5, 0.6) is 0 Å². The summed E-state index contributed by atoms with van der Waals surface area (Å²) in [6.07, 6.45) is 6.92. The van der Waals surface area contributed by atoms with Crippen LogP contribution in [0.1, 0.15) is 69.8 Å². The summed E-state index contributed by atoms with van der Waals surface area (Å²) in [5.41, 5.74) is 0.775.